The number of aromatic nitrogens is 2. The summed E-state index contributed by atoms with van der Waals surface area (Å²) in [6, 6.07) is 7.86. The number of fused-ring (bicyclic) bond motifs is 1. The number of nitrogens with zero attached hydrogens (tertiary/aromatic N) is 3. The molecule has 0 bridgehead atoms. The van der Waals surface area contributed by atoms with Gasteiger partial charge in [0.25, 0.3) is 0 Å². The standard InChI is InChI=1S/C18H21N5O2/c24-17-18(20-14-4-2-1-3-13(14)19-17)7-9-23(10-8-18)11-15-21-22-16(25-15)12-5-6-12/h1-4,12,20H,5-11H2,(H,19,24). The molecule has 1 aromatic heterocycles. The number of benzene rings is 1. The second-order valence-electron chi connectivity index (χ2n) is 7.29. The third kappa shape index (κ3) is 2.68. The van der Waals surface area contributed by atoms with Crippen LogP contribution in [0.25, 0.3) is 0 Å². The number of hydrogen-bond acceptors (Lipinski definition) is 6. The first-order chi connectivity index (χ1) is 12.2. The van der Waals surface area contributed by atoms with Gasteiger partial charge in [0.2, 0.25) is 17.7 Å². The fourth-order valence-corrected chi connectivity index (χ4v) is 3.72. The lowest BCUT2D eigenvalue weighted by Gasteiger charge is -2.44. The maximum Gasteiger partial charge on any atom is 0.250 e. The van der Waals surface area contributed by atoms with Crippen LogP contribution in [0.3, 0.4) is 0 Å². The summed E-state index contributed by atoms with van der Waals surface area (Å²) in [6.45, 7) is 2.31. The molecule has 3 aliphatic rings. The number of nitrogens with one attached hydrogen (secondary N) is 2. The number of para-hydroxylation sites is 2. The van der Waals surface area contributed by atoms with Crippen LogP contribution in [0.5, 0.6) is 0 Å². The highest BCUT2D eigenvalue weighted by molar-refractivity contribution is 6.06. The molecule has 1 saturated heterocycles. The molecule has 3 heterocycles. The summed E-state index contributed by atoms with van der Waals surface area (Å²) >= 11 is 0. The Kier molecular flexibility index (Phi) is 3.31. The summed E-state index contributed by atoms with van der Waals surface area (Å²) < 4.78 is 5.76. The van der Waals surface area contributed by atoms with E-state index in [1.165, 1.54) is 0 Å². The van der Waals surface area contributed by atoms with Crippen molar-refractivity contribution in [1.29, 1.82) is 0 Å². The summed E-state index contributed by atoms with van der Waals surface area (Å²) in [5.41, 5.74) is 1.35. The maximum absolute atomic E-state index is 12.7. The van der Waals surface area contributed by atoms with Gasteiger partial charge in [0, 0.05) is 19.0 Å². The van der Waals surface area contributed by atoms with Gasteiger partial charge in [-0.25, -0.2) is 0 Å². The van der Waals surface area contributed by atoms with Crippen molar-refractivity contribution >= 4 is 17.3 Å². The predicted molar refractivity (Wildman–Crippen MR) is 92.2 cm³/mol. The molecular formula is C18H21N5O2. The zero-order chi connectivity index (χ0) is 16.9. The molecule has 1 saturated carbocycles. The summed E-state index contributed by atoms with van der Waals surface area (Å²) in [6.07, 6.45) is 3.85. The molecule has 130 valence electrons. The normalized spacial score (nSPS) is 22.3. The van der Waals surface area contributed by atoms with Crippen LogP contribution in [0.15, 0.2) is 28.7 Å². The lowest BCUT2D eigenvalue weighted by atomic mass is 9.84. The van der Waals surface area contributed by atoms with Crippen LogP contribution >= 0.6 is 0 Å². The molecule has 1 aromatic carbocycles. The monoisotopic (exact) mass is 339 g/mol. The number of rotatable bonds is 3. The minimum Gasteiger partial charge on any atom is -0.424 e. The quantitative estimate of drug-likeness (QED) is 0.893. The average molecular weight is 339 g/mol. The molecule has 2 fully saturated rings. The lowest BCUT2D eigenvalue weighted by Crippen LogP contribution is -2.58. The summed E-state index contributed by atoms with van der Waals surface area (Å²) in [5, 5.41) is 14.8. The topological polar surface area (TPSA) is 83.3 Å². The van der Waals surface area contributed by atoms with Crippen molar-refractivity contribution in [3.8, 4) is 0 Å². The maximum atomic E-state index is 12.7. The molecule has 0 atom stereocenters. The number of carbonyl (C=O) groups is 1. The molecule has 1 amide bonds. The molecule has 25 heavy (non-hydrogen) atoms. The van der Waals surface area contributed by atoms with Crippen LogP contribution in [-0.4, -0.2) is 39.6 Å². The Morgan fingerprint density at radius 2 is 1.92 bits per heavy atom. The van der Waals surface area contributed by atoms with E-state index in [0.717, 1.165) is 56.0 Å². The zero-order valence-corrected chi connectivity index (χ0v) is 14.0. The number of likely N-dealkylation sites (tertiary alicyclic amines) is 1. The van der Waals surface area contributed by atoms with Crippen molar-refractivity contribution in [3.05, 3.63) is 36.0 Å². The minimum atomic E-state index is -0.515. The van der Waals surface area contributed by atoms with E-state index >= 15 is 0 Å². The van der Waals surface area contributed by atoms with E-state index in [9.17, 15) is 4.79 Å². The van der Waals surface area contributed by atoms with Crippen molar-refractivity contribution < 1.29 is 9.21 Å². The molecule has 1 aliphatic carbocycles. The van der Waals surface area contributed by atoms with Crippen LogP contribution in [0, 0.1) is 0 Å². The van der Waals surface area contributed by atoms with Gasteiger partial charge in [0.15, 0.2) is 0 Å². The molecule has 7 heteroatoms. The Morgan fingerprint density at radius 1 is 1.16 bits per heavy atom. The molecule has 0 unspecified atom stereocenters. The summed E-state index contributed by atoms with van der Waals surface area (Å²) in [5.74, 6) is 2.03. The first-order valence-corrected chi connectivity index (χ1v) is 8.95. The summed E-state index contributed by atoms with van der Waals surface area (Å²) in [4.78, 5) is 14.9. The fraction of sp³-hybridized carbons (Fsp3) is 0.500. The van der Waals surface area contributed by atoms with Gasteiger partial charge in [-0.2, -0.15) is 0 Å². The highest BCUT2D eigenvalue weighted by Gasteiger charge is 2.44. The van der Waals surface area contributed by atoms with Gasteiger partial charge in [0.05, 0.1) is 17.9 Å². The molecule has 2 aliphatic heterocycles. The van der Waals surface area contributed by atoms with Gasteiger partial charge >= 0.3 is 0 Å². The van der Waals surface area contributed by atoms with Crippen molar-refractivity contribution in [2.75, 3.05) is 23.7 Å². The van der Waals surface area contributed by atoms with E-state index in [4.69, 9.17) is 4.42 Å². The van der Waals surface area contributed by atoms with Gasteiger partial charge in [-0.1, -0.05) is 12.1 Å². The molecule has 5 rings (SSSR count). The molecular weight excluding hydrogens is 318 g/mol. The van der Waals surface area contributed by atoms with E-state index in [1.54, 1.807) is 0 Å². The molecule has 2 aromatic rings. The molecule has 0 radical (unpaired) electrons. The highest BCUT2D eigenvalue weighted by atomic mass is 16.4. The second-order valence-corrected chi connectivity index (χ2v) is 7.29. The van der Waals surface area contributed by atoms with E-state index in [1.807, 2.05) is 24.3 Å². The average Bonchev–Trinajstić information content (AvgIpc) is 3.38. The van der Waals surface area contributed by atoms with E-state index in [2.05, 4.69) is 25.7 Å². The second kappa shape index (κ2) is 5.56. The molecule has 1 spiro atoms. The Labute approximate surface area is 145 Å². The summed E-state index contributed by atoms with van der Waals surface area (Å²) in [7, 11) is 0. The number of piperidine rings is 1. The van der Waals surface area contributed by atoms with Gasteiger partial charge in [0.1, 0.15) is 5.54 Å². The third-order valence-corrected chi connectivity index (χ3v) is 5.46. The van der Waals surface area contributed by atoms with Crippen LogP contribution in [0.1, 0.15) is 43.4 Å². The smallest absolute Gasteiger partial charge is 0.250 e. The Morgan fingerprint density at radius 3 is 2.68 bits per heavy atom. The van der Waals surface area contributed by atoms with Crippen molar-refractivity contribution in [3.63, 3.8) is 0 Å². The predicted octanol–water partition coefficient (Wildman–Crippen LogP) is 2.35. The molecule has 2 N–H and O–H groups in total. The highest BCUT2D eigenvalue weighted by Crippen LogP contribution is 2.39. The molecule has 7 nitrogen and oxygen atoms in total. The SMILES string of the molecule is O=C1Nc2ccccc2NC12CCN(Cc1nnc(C3CC3)o1)CC2. The minimum absolute atomic E-state index is 0.0691. The van der Waals surface area contributed by atoms with Crippen molar-refractivity contribution in [2.24, 2.45) is 0 Å². The number of anilines is 2. The lowest BCUT2D eigenvalue weighted by molar-refractivity contribution is -0.122. The Balaban J connectivity index is 1.25. The number of carbonyl (C=O) groups excluding carboxylic acids is 1. The van der Waals surface area contributed by atoms with Gasteiger partial charge in [-0.05, 0) is 37.8 Å². The zero-order valence-electron chi connectivity index (χ0n) is 14.0. The third-order valence-electron chi connectivity index (χ3n) is 5.46. The van der Waals surface area contributed by atoms with Crippen LogP contribution in [0.2, 0.25) is 0 Å². The Bertz CT molecular complexity index is 805. The fourth-order valence-electron chi connectivity index (χ4n) is 3.72. The number of amides is 1. The number of hydrogen-bond donors (Lipinski definition) is 2. The first kappa shape index (κ1) is 14.9. The van der Waals surface area contributed by atoms with Gasteiger partial charge in [-0.3, -0.25) is 9.69 Å². The van der Waals surface area contributed by atoms with Crippen LogP contribution in [-0.2, 0) is 11.3 Å². The van der Waals surface area contributed by atoms with E-state index < -0.39 is 5.54 Å². The van der Waals surface area contributed by atoms with Gasteiger partial charge < -0.3 is 15.1 Å². The first-order valence-electron chi connectivity index (χ1n) is 8.95. The van der Waals surface area contributed by atoms with Gasteiger partial charge in [-0.15, -0.1) is 10.2 Å². The van der Waals surface area contributed by atoms with E-state index in [-0.39, 0.29) is 5.91 Å². The van der Waals surface area contributed by atoms with Crippen molar-refractivity contribution in [1.82, 2.24) is 15.1 Å². The largest absolute Gasteiger partial charge is 0.424 e. The Hall–Kier alpha value is -2.41. The van der Waals surface area contributed by atoms with Crippen LogP contribution in [0.4, 0.5) is 11.4 Å². The van der Waals surface area contributed by atoms with E-state index in [0.29, 0.717) is 18.4 Å². The van der Waals surface area contributed by atoms with Crippen molar-refractivity contribution in [2.45, 2.75) is 43.7 Å². The van der Waals surface area contributed by atoms with Crippen LogP contribution < -0.4 is 10.6 Å².